The van der Waals surface area contributed by atoms with Gasteiger partial charge in [0, 0.05) is 25.1 Å². The Morgan fingerprint density at radius 1 is 1.24 bits per heavy atom. The van der Waals surface area contributed by atoms with Crippen LogP contribution in [0.2, 0.25) is 0 Å². The Kier molecular flexibility index (Phi) is 10.5. The second-order valence-corrected chi connectivity index (χ2v) is 5.79. The van der Waals surface area contributed by atoms with Crippen LogP contribution in [0.3, 0.4) is 0 Å². The summed E-state index contributed by atoms with van der Waals surface area (Å²) in [5.74, 6) is 7.04. The number of rotatable bonds is 6. The number of guanidine groups is 1. The molecule has 2 rings (SSSR count). The summed E-state index contributed by atoms with van der Waals surface area (Å²) in [7, 11) is 0. The largest absolute Gasteiger partial charge is 0.416 e. The van der Waals surface area contributed by atoms with Gasteiger partial charge in [0.1, 0.15) is 12.2 Å². The molecule has 1 aromatic heterocycles. The summed E-state index contributed by atoms with van der Waals surface area (Å²) < 4.78 is 40.1. The molecule has 0 aliphatic heterocycles. The molecule has 2 aromatic rings. The van der Waals surface area contributed by atoms with Gasteiger partial charge in [-0.1, -0.05) is 24.8 Å². The van der Waals surface area contributed by atoms with Crippen molar-refractivity contribution >= 4 is 29.9 Å². The third kappa shape index (κ3) is 8.31. The standard InChI is InChI=1S/C19H23F3N6.HI/c1-3-17-27-26-14-28(17)12-11-25-18(23-4-2)24-10-6-8-15-7-5-9-16(13-15)19(20,21)22;/h5,7,9,13-14H,3-4,10-12H2,1-2H3,(H2,23,24,25);1H. The summed E-state index contributed by atoms with van der Waals surface area (Å²) in [6, 6.07) is 4.96. The molecule has 0 aliphatic rings. The van der Waals surface area contributed by atoms with Crippen molar-refractivity contribution in [1.29, 1.82) is 0 Å². The fourth-order valence-corrected chi connectivity index (χ4v) is 2.40. The smallest absolute Gasteiger partial charge is 0.357 e. The van der Waals surface area contributed by atoms with E-state index in [4.69, 9.17) is 0 Å². The minimum absolute atomic E-state index is 0. The molecule has 6 nitrogen and oxygen atoms in total. The number of halogens is 4. The summed E-state index contributed by atoms with van der Waals surface area (Å²) in [5, 5.41) is 14.1. The Hall–Kier alpha value is -2.29. The second-order valence-electron chi connectivity index (χ2n) is 5.79. The third-order valence-corrected chi connectivity index (χ3v) is 3.73. The molecule has 1 aromatic carbocycles. The third-order valence-electron chi connectivity index (χ3n) is 3.73. The monoisotopic (exact) mass is 520 g/mol. The summed E-state index contributed by atoms with van der Waals surface area (Å²) in [6.45, 7) is 6.08. The lowest BCUT2D eigenvalue weighted by Crippen LogP contribution is -2.37. The van der Waals surface area contributed by atoms with Crippen molar-refractivity contribution in [2.24, 2.45) is 4.99 Å². The van der Waals surface area contributed by atoms with Gasteiger partial charge in [0.15, 0.2) is 5.96 Å². The van der Waals surface area contributed by atoms with E-state index in [9.17, 15) is 13.2 Å². The molecule has 29 heavy (non-hydrogen) atoms. The van der Waals surface area contributed by atoms with E-state index in [1.54, 1.807) is 12.4 Å². The van der Waals surface area contributed by atoms with Crippen LogP contribution in [0.4, 0.5) is 13.2 Å². The molecule has 0 amide bonds. The maximum Gasteiger partial charge on any atom is 0.416 e. The van der Waals surface area contributed by atoms with E-state index in [1.807, 2.05) is 18.4 Å². The summed E-state index contributed by atoms with van der Waals surface area (Å²) >= 11 is 0. The number of aliphatic imine (C=N–C) groups is 1. The first kappa shape index (κ1) is 24.7. The highest BCUT2D eigenvalue weighted by Crippen LogP contribution is 2.29. The Morgan fingerprint density at radius 2 is 2.03 bits per heavy atom. The van der Waals surface area contributed by atoms with E-state index < -0.39 is 11.7 Å². The van der Waals surface area contributed by atoms with Gasteiger partial charge < -0.3 is 15.2 Å². The topological polar surface area (TPSA) is 67.1 Å². The quantitative estimate of drug-likeness (QED) is 0.266. The van der Waals surface area contributed by atoms with E-state index in [2.05, 4.69) is 37.7 Å². The fraction of sp³-hybridized carbons (Fsp3) is 0.421. The minimum Gasteiger partial charge on any atom is -0.357 e. The van der Waals surface area contributed by atoms with Crippen molar-refractivity contribution in [1.82, 2.24) is 25.4 Å². The van der Waals surface area contributed by atoms with Crippen LogP contribution in [-0.4, -0.2) is 40.4 Å². The molecule has 158 valence electrons. The molecule has 0 atom stereocenters. The van der Waals surface area contributed by atoms with Gasteiger partial charge in [-0.25, -0.2) is 0 Å². The summed E-state index contributed by atoms with van der Waals surface area (Å²) in [4.78, 5) is 4.46. The van der Waals surface area contributed by atoms with Crippen molar-refractivity contribution in [2.75, 3.05) is 19.6 Å². The van der Waals surface area contributed by atoms with Crippen LogP contribution in [0.25, 0.3) is 0 Å². The maximum absolute atomic E-state index is 12.7. The van der Waals surface area contributed by atoms with Gasteiger partial charge in [0.2, 0.25) is 0 Å². The Balaban J connectivity index is 0.00000420. The molecule has 10 heteroatoms. The number of nitrogens with one attached hydrogen (secondary N) is 2. The lowest BCUT2D eigenvalue weighted by atomic mass is 10.1. The zero-order valence-corrected chi connectivity index (χ0v) is 18.6. The zero-order valence-electron chi connectivity index (χ0n) is 16.3. The first-order chi connectivity index (χ1) is 13.4. The number of alkyl halides is 3. The van der Waals surface area contributed by atoms with Crippen molar-refractivity contribution in [3.05, 3.63) is 47.5 Å². The minimum atomic E-state index is -4.37. The van der Waals surface area contributed by atoms with Crippen molar-refractivity contribution in [2.45, 2.75) is 33.0 Å². The molecular weight excluding hydrogens is 496 g/mol. The molecule has 0 fully saturated rings. The maximum atomic E-state index is 12.7. The number of hydrogen-bond acceptors (Lipinski definition) is 3. The molecule has 0 saturated carbocycles. The van der Waals surface area contributed by atoms with Gasteiger partial charge in [-0.05, 0) is 25.1 Å². The molecule has 0 unspecified atom stereocenters. The Bertz CT molecular complexity index is 851. The molecule has 0 bridgehead atoms. The SMILES string of the molecule is CCNC(=NCCn1cnnc1CC)NCC#Cc1cccc(C(F)(F)F)c1.I. The highest BCUT2D eigenvalue weighted by molar-refractivity contribution is 14.0. The summed E-state index contributed by atoms with van der Waals surface area (Å²) in [6.07, 6.45) is -1.90. The van der Waals surface area contributed by atoms with Crippen LogP contribution in [0.15, 0.2) is 35.6 Å². The van der Waals surface area contributed by atoms with Crippen LogP contribution in [0, 0.1) is 11.8 Å². The van der Waals surface area contributed by atoms with E-state index in [1.165, 1.54) is 6.07 Å². The molecular formula is C19H24F3IN6. The summed E-state index contributed by atoms with van der Waals surface area (Å²) in [5.41, 5.74) is -0.388. The molecule has 0 radical (unpaired) electrons. The number of aromatic nitrogens is 3. The van der Waals surface area contributed by atoms with Crippen molar-refractivity contribution < 1.29 is 13.2 Å². The van der Waals surface area contributed by atoms with E-state index >= 15 is 0 Å². The Morgan fingerprint density at radius 3 is 2.72 bits per heavy atom. The predicted molar refractivity (Wildman–Crippen MR) is 117 cm³/mol. The normalized spacial score (nSPS) is 11.3. The van der Waals surface area contributed by atoms with Gasteiger partial charge in [0.25, 0.3) is 0 Å². The number of hydrogen-bond donors (Lipinski definition) is 2. The van der Waals surface area contributed by atoms with Crippen molar-refractivity contribution in [3.8, 4) is 11.8 Å². The van der Waals surface area contributed by atoms with Gasteiger partial charge in [-0.3, -0.25) is 4.99 Å². The lowest BCUT2D eigenvalue weighted by Gasteiger charge is -2.09. The second kappa shape index (κ2) is 12.3. The number of nitrogens with zero attached hydrogens (tertiary/aromatic N) is 4. The van der Waals surface area contributed by atoms with Gasteiger partial charge in [-0.15, -0.1) is 34.2 Å². The predicted octanol–water partition coefficient (Wildman–Crippen LogP) is 3.08. The average molecular weight is 520 g/mol. The van der Waals surface area contributed by atoms with E-state index in [-0.39, 0.29) is 30.5 Å². The molecule has 0 aliphatic carbocycles. The van der Waals surface area contributed by atoms with E-state index in [0.717, 1.165) is 24.4 Å². The molecule has 2 N–H and O–H groups in total. The van der Waals surface area contributed by atoms with Crippen LogP contribution >= 0.6 is 24.0 Å². The highest BCUT2D eigenvalue weighted by atomic mass is 127. The van der Waals surface area contributed by atoms with Gasteiger partial charge in [-0.2, -0.15) is 13.2 Å². The highest BCUT2D eigenvalue weighted by Gasteiger charge is 2.30. The fourth-order valence-electron chi connectivity index (χ4n) is 2.40. The van der Waals surface area contributed by atoms with Crippen LogP contribution < -0.4 is 10.6 Å². The number of aryl methyl sites for hydroxylation is 1. The van der Waals surface area contributed by atoms with Crippen LogP contribution in [0.5, 0.6) is 0 Å². The van der Waals surface area contributed by atoms with Gasteiger partial charge in [0.05, 0.1) is 18.7 Å². The Labute approximate surface area is 185 Å². The zero-order chi connectivity index (χ0) is 20.4. The molecule has 0 saturated heterocycles. The first-order valence-electron chi connectivity index (χ1n) is 8.99. The van der Waals surface area contributed by atoms with Crippen LogP contribution in [0.1, 0.15) is 30.8 Å². The average Bonchev–Trinajstić information content (AvgIpc) is 3.12. The van der Waals surface area contributed by atoms with Crippen molar-refractivity contribution in [3.63, 3.8) is 0 Å². The number of benzene rings is 1. The van der Waals surface area contributed by atoms with Crippen LogP contribution in [-0.2, 0) is 19.1 Å². The lowest BCUT2D eigenvalue weighted by molar-refractivity contribution is -0.137. The van der Waals surface area contributed by atoms with E-state index in [0.29, 0.717) is 31.2 Å². The van der Waals surface area contributed by atoms with Gasteiger partial charge >= 0.3 is 6.18 Å². The molecule has 1 heterocycles. The molecule has 0 spiro atoms. The first-order valence-corrected chi connectivity index (χ1v) is 8.99.